The maximum absolute atomic E-state index is 11.5. The molecule has 0 aliphatic rings. The van der Waals surface area contributed by atoms with E-state index in [9.17, 15) is 4.79 Å². The van der Waals surface area contributed by atoms with Crippen LogP contribution < -0.4 is 10.9 Å². The minimum Gasteiger partial charge on any atom is -0.423 e. The number of fused-ring (bicyclic) bond motifs is 1. The third kappa shape index (κ3) is 2.42. The molecular formula is C18H17NO2. The molecule has 0 radical (unpaired) electrons. The van der Waals surface area contributed by atoms with E-state index in [4.69, 9.17) is 4.42 Å². The van der Waals surface area contributed by atoms with Crippen molar-refractivity contribution in [2.24, 2.45) is 0 Å². The number of aryl methyl sites for hydroxylation is 2. The van der Waals surface area contributed by atoms with E-state index in [2.05, 4.69) is 36.5 Å². The molecule has 0 fully saturated rings. The normalized spacial score (nSPS) is 10.8. The van der Waals surface area contributed by atoms with Crippen molar-refractivity contribution in [2.45, 2.75) is 13.8 Å². The molecule has 1 N–H and O–H groups in total. The summed E-state index contributed by atoms with van der Waals surface area (Å²) in [5.74, 6) is 0. The zero-order valence-corrected chi connectivity index (χ0v) is 12.4. The zero-order chi connectivity index (χ0) is 15.0. The topological polar surface area (TPSA) is 42.2 Å². The van der Waals surface area contributed by atoms with Crippen LogP contribution in [0.5, 0.6) is 0 Å². The Hall–Kier alpha value is -2.55. The molecule has 106 valence electrons. The second-order valence-corrected chi connectivity index (χ2v) is 5.24. The summed E-state index contributed by atoms with van der Waals surface area (Å²) in [7, 11) is 1.91. The van der Waals surface area contributed by atoms with Gasteiger partial charge in [0, 0.05) is 24.2 Å². The summed E-state index contributed by atoms with van der Waals surface area (Å²) in [5, 5.41) is 4.13. The number of nitrogens with one attached hydrogen (secondary N) is 1. The van der Waals surface area contributed by atoms with Crippen LogP contribution in [0.4, 0.5) is 5.69 Å². The molecule has 0 amide bonds. The minimum atomic E-state index is -0.307. The lowest BCUT2D eigenvalue weighted by atomic mass is 10.0. The first-order valence-electron chi connectivity index (χ1n) is 6.92. The fourth-order valence-electron chi connectivity index (χ4n) is 2.63. The molecule has 0 aliphatic carbocycles. The van der Waals surface area contributed by atoms with Crippen molar-refractivity contribution in [1.82, 2.24) is 0 Å². The minimum absolute atomic E-state index is 0.307. The molecule has 3 aromatic rings. The molecule has 1 aromatic heterocycles. The van der Waals surface area contributed by atoms with E-state index in [1.807, 2.05) is 26.1 Å². The molecule has 0 bridgehead atoms. The maximum atomic E-state index is 11.5. The predicted molar refractivity (Wildman–Crippen MR) is 86.9 cm³/mol. The van der Waals surface area contributed by atoms with Crippen LogP contribution in [0.2, 0.25) is 0 Å². The lowest BCUT2D eigenvalue weighted by Gasteiger charge is -2.09. The molecule has 0 aliphatic heterocycles. The number of anilines is 1. The summed E-state index contributed by atoms with van der Waals surface area (Å²) in [6.07, 6.45) is 0. The Kier molecular flexibility index (Phi) is 3.26. The van der Waals surface area contributed by atoms with E-state index in [-0.39, 0.29) is 5.63 Å². The van der Waals surface area contributed by atoms with Crippen LogP contribution >= 0.6 is 0 Å². The van der Waals surface area contributed by atoms with Gasteiger partial charge in [-0.05, 0) is 54.3 Å². The molecule has 3 heteroatoms. The van der Waals surface area contributed by atoms with Crippen LogP contribution in [0, 0.1) is 13.8 Å². The fourth-order valence-corrected chi connectivity index (χ4v) is 2.63. The smallest absolute Gasteiger partial charge is 0.336 e. The molecule has 0 unspecified atom stereocenters. The third-order valence-electron chi connectivity index (χ3n) is 3.78. The van der Waals surface area contributed by atoms with Gasteiger partial charge in [-0.15, -0.1) is 0 Å². The van der Waals surface area contributed by atoms with Crippen LogP contribution in [0.1, 0.15) is 11.1 Å². The van der Waals surface area contributed by atoms with Gasteiger partial charge in [0.05, 0.1) is 0 Å². The molecule has 1 heterocycles. The lowest BCUT2D eigenvalue weighted by Crippen LogP contribution is -1.97. The first kappa shape index (κ1) is 13.4. The van der Waals surface area contributed by atoms with Crippen LogP contribution in [0.25, 0.3) is 22.1 Å². The van der Waals surface area contributed by atoms with Crippen LogP contribution in [-0.2, 0) is 0 Å². The Morgan fingerprint density at radius 3 is 2.33 bits per heavy atom. The molecule has 0 spiro atoms. The van der Waals surface area contributed by atoms with Gasteiger partial charge in [0.25, 0.3) is 0 Å². The van der Waals surface area contributed by atoms with Gasteiger partial charge in [0.15, 0.2) is 0 Å². The highest BCUT2D eigenvalue weighted by Gasteiger charge is 2.06. The summed E-state index contributed by atoms with van der Waals surface area (Å²) in [6.45, 7) is 3.99. The summed E-state index contributed by atoms with van der Waals surface area (Å²) in [4.78, 5) is 11.5. The van der Waals surface area contributed by atoms with Gasteiger partial charge in [0.1, 0.15) is 5.58 Å². The summed E-state index contributed by atoms with van der Waals surface area (Å²) >= 11 is 0. The van der Waals surface area contributed by atoms with Gasteiger partial charge < -0.3 is 9.73 Å². The molecule has 21 heavy (non-hydrogen) atoms. The fraction of sp³-hybridized carbons (Fsp3) is 0.167. The molecule has 0 atom stereocenters. The Morgan fingerprint density at radius 1 is 0.905 bits per heavy atom. The predicted octanol–water partition coefficient (Wildman–Crippen LogP) is 4.12. The summed E-state index contributed by atoms with van der Waals surface area (Å²) in [6, 6.07) is 13.8. The highest BCUT2D eigenvalue weighted by Crippen LogP contribution is 2.28. The first-order valence-corrected chi connectivity index (χ1v) is 6.92. The van der Waals surface area contributed by atoms with Crippen molar-refractivity contribution in [3.63, 3.8) is 0 Å². The lowest BCUT2D eigenvalue weighted by molar-refractivity contribution is 0.560. The highest BCUT2D eigenvalue weighted by molar-refractivity contribution is 5.85. The zero-order valence-electron chi connectivity index (χ0n) is 12.4. The van der Waals surface area contributed by atoms with Crippen molar-refractivity contribution < 1.29 is 4.42 Å². The second-order valence-electron chi connectivity index (χ2n) is 5.24. The third-order valence-corrected chi connectivity index (χ3v) is 3.78. The average molecular weight is 279 g/mol. The van der Waals surface area contributed by atoms with Gasteiger partial charge in [-0.1, -0.05) is 18.2 Å². The standard InChI is InChI=1S/C18H17NO2/c1-11-9-18(20)21-17-10-14(4-6-15(11)17)13-5-7-16(19-3)12(2)8-13/h4-10,19H,1-3H3. The number of hydrogen-bond donors (Lipinski definition) is 1. The number of rotatable bonds is 2. The van der Waals surface area contributed by atoms with Gasteiger partial charge in [-0.2, -0.15) is 0 Å². The second kappa shape index (κ2) is 5.09. The number of hydrogen-bond acceptors (Lipinski definition) is 3. The van der Waals surface area contributed by atoms with Crippen molar-refractivity contribution in [1.29, 1.82) is 0 Å². The van der Waals surface area contributed by atoms with Crippen molar-refractivity contribution in [3.05, 3.63) is 64.0 Å². The van der Waals surface area contributed by atoms with Gasteiger partial charge in [-0.3, -0.25) is 0 Å². The average Bonchev–Trinajstić information content (AvgIpc) is 2.46. The summed E-state index contributed by atoms with van der Waals surface area (Å²) < 4.78 is 5.31. The van der Waals surface area contributed by atoms with Crippen LogP contribution in [-0.4, -0.2) is 7.05 Å². The van der Waals surface area contributed by atoms with E-state index in [0.29, 0.717) is 5.58 Å². The first-order chi connectivity index (χ1) is 10.1. The maximum Gasteiger partial charge on any atom is 0.336 e. The van der Waals surface area contributed by atoms with Crippen molar-refractivity contribution >= 4 is 16.7 Å². The van der Waals surface area contributed by atoms with E-state index < -0.39 is 0 Å². The molecule has 0 saturated heterocycles. The quantitative estimate of drug-likeness (QED) is 0.717. The Morgan fingerprint density at radius 2 is 1.62 bits per heavy atom. The molecule has 2 aromatic carbocycles. The van der Waals surface area contributed by atoms with E-state index in [1.54, 1.807) is 0 Å². The van der Waals surface area contributed by atoms with Crippen LogP contribution in [0.3, 0.4) is 0 Å². The largest absolute Gasteiger partial charge is 0.423 e. The number of benzene rings is 2. The van der Waals surface area contributed by atoms with Gasteiger partial charge in [-0.25, -0.2) is 4.79 Å². The van der Waals surface area contributed by atoms with Crippen molar-refractivity contribution in [2.75, 3.05) is 12.4 Å². The van der Waals surface area contributed by atoms with E-state index in [1.165, 1.54) is 11.6 Å². The van der Waals surface area contributed by atoms with Crippen molar-refractivity contribution in [3.8, 4) is 11.1 Å². The van der Waals surface area contributed by atoms with E-state index >= 15 is 0 Å². The monoisotopic (exact) mass is 279 g/mol. The van der Waals surface area contributed by atoms with Crippen LogP contribution in [0.15, 0.2) is 51.7 Å². The SMILES string of the molecule is CNc1ccc(-c2ccc3c(C)cc(=O)oc3c2)cc1C. The summed E-state index contributed by atoms with van der Waals surface area (Å²) in [5.41, 5.74) is 5.71. The Balaban J connectivity index is 2.17. The highest BCUT2D eigenvalue weighted by atomic mass is 16.4. The Labute approximate surface area is 123 Å². The molecule has 3 nitrogen and oxygen atoms in total. The molecular weight excluding hydrogens is 262 g/mol. The molecule has 0 saturated carbocycles. The van der Waals surface area contributed by atoms with E-state index in [0.717, 1.165) is 27.8 Å². The van der Waals surface area contributed by atoms with Gasteiger partial charge >= 0.3 is 5.63 Å². The molecule has 3 rings (SSSR count). The Bertz CT molecular complexity index is 878. The van der Waals surface area contributed by atoms with Gasteiger partial charge in [0.2, 0.25) is 0 Å².